The molecule has 0 aromatic rings. The van der Waals surface area contributed by atoms with Gasteiger partial charge in [0, 0.05) is 14.1 Å². The van der Waals surface area contributed by atoms with Crippen molar-refractivity contribution in [1.82, 2.24) is 15.5 Å². The molecule has 0 aliphatic heterocycles. The molecule has 0 spiro atoms. The first-order valence-electron chi connectivity index (χ1n) is 3.66. The number of nitrogens with zero attached hydrogens (tertiary/aromatic N) is 1. The molecule has 0 saturated heterocycles. The van der Waals surface area contributed by atoms with E-state index >= 15 is 0 Å². The molecule has 0 aliphatic rings. The van der Waals surface area contributed by atoms with Crippen LogP contribution >= 0.6 is 0 Å². The second kappa shape index (κ2) is 5.09. The zero-order valence-electron chi connectivity index (χ0n) is 7.64. The van der Waals surface area contributed by atoms with Gasteiger partial charge in [0.2, 0.25) is 5.91 Å². The van der Waals surface area contributed by atoms with Crippen molar-refractivity contribution in [1.29, 1.82) is 0 Å². The summed E-state index contributed by atoms with van der Waals surface area (Å²) in [7, 11) is 7.16. The van der Waals surface area contributed by atoms with E-state index in [0.29, 0.717) is 6.42 Å². The summed E-state index contributed by atoms with van der Waals surface area (Å²) in [5, 5.41) is 5.96. The molecule has 4 nitrogen and oxygen atoms in total. The predicted octanol–water partition coefficient (Wildman–Crippen LogP) is -0.770. The molecular weight excluding hydrogens is 142 g/mol. The molecule has 0 rings (SSSR count). The highest BCUT2D eigenvalue weighted by molar-refractivity contribution is 5.76. The number of nitrogens with one attached hydrogen (secondary N) is 2. The highest BCUT2D eigenvalue weighted by Gasteiger charge is 2.10. The molecule has 0 bridgehead atoms. The first kappa shape index (κ1) is 10.4. The average molecular weight is 159 g/mol. The molecule has 0 unspecified atom stereocenters. The summed E-state index contributed by atoms with van der Waals surface area (Å²) in [6, 6.07) is 0. The van der Waals surface area contributed by atoms with Gasteiger partial charge in [0.15, 0.2) is 0 Å². The van der Waals surface area contributed by atoms with E-state index in [1.165, 1.54) is 0 Å². The first-order chi connectivity index (χ1) is 5.11. The zero-order valence-corrected chi connectivity index (χ0v) is 7.64. The largest absolute Gasteiger partial charge is 0.349 e. The summed E-state index contributed by atoms with van der Waals surface area (Å²) >= 11 is 0. The third kappa shape index (κ3) is 3.95. The molecule has 1 amide bonds. The normalized spacial score (nSPS) is 10.3. The van der Waals surface area contributed by atoms with Gasteiger partial charge in [-0.05, 0) is 14.1 Å². The quantitative estimate of drug-likeness (QED) is 0.529. The molecule has 0 radical (unpaired) electrons. The van der Waals surface area contributed by atoms with Gasteiger partial charge in [-0.3, -0.25) is 4.79 Å². The summed E-state index contributed by atoms with van der Waals surface area (Å²) in [4.78, 5) is 12.7. The summed E-state index contributed by atoms with van der Waals surface area (Å²) in [5.41, 5.74) is 0. The van der Waals surface area contributed by atoms with E-state index in [1.807, 2.05) is 14.1 Å². The number of amides is 1. The molecule has 0 aromatic carbocycles. The summed E-state index contributed by atoms with van der Waals surface area (Å²) in [6.07, 6.45) is 0.560. The number of hydrogen-bond donors (Lipinski definition) is 2. The second-order valence-corrected chi connectivity index (χ2v) is 2.62. The Kier molecular flexibility index (Phi) is 4.81. The third-order valence-corrected chi connectivity index (χ3v) is 1.57. The zero-order chi connectivity index (χ0) is 8.85. The molecule has 11 heavy (non-hydrogen) atoms. The minimum absolute atomic E-state index is 0.0740. The minimum Gasteiger partial charge on any atom is -0.349 e. The van der Waals surface area contributed by atoms with Crippen LogP contribution in [0.4, 0.5) is 0 Å². The Morgan fingerprint density at radius 2 is 1.82 bits per heavy atom. The molecule has 4 heteroatoms. The molecule has 0 aromatic heterocycles. The fourth-order valence-corrected chi connectivity index (χ4v) is 0.706. The predicted molar refractivity (Wildman–Crippen MR) is 45.2 cm³/mol. The van der Waals surface area contributed by atoms with Crippen LogP contribution in [0.2, 0.25) is 0 Å². The lowest BCUT2D eigenvalue weighted by Gasteiger charge is -2.17. The summed E-state index contributed by atoms with van der Waals surface area (Å²) in [6.45, 7) is 0. The lowest BCUT2D eigenvalue weighted by Crippen LogP contribution is -2.41. The Hall–Kier alpha value is -0.610. The molecule has 2 N–H and O–H groups in total. The van der Waals surface area contributed by atoms with Gasteiger partial charge in [-0.1, -0.05) is 0 Å². The van der Waals surface area contributed by atoms with Crippen LogP contribution in [-0.4, -0.2) is 45.2 Å². The minimum atomic E-state index is 0.0740. The Bertz CT molecular complexity index is 121. The average Bonchev–Trinajstić information content (AvgIpc) is 1.99. The molecule has 0 aliphatic carbocycles. The van der Waals surface area contributed by atoms with E-state index in [9.17, 15) is 4.79 Å². The maximum absolute atomic E-state index is 11.1. The number of carbonyl (C=O) groups is 1. The maximum Gasteiger partial charge on any atom is 0.224 e. The van der Waals surface area contributed by atoms with Gasteiger partial charge in [-0.2, -0.15) is 0 Å². The van der Waals surface area contributed by atoms with Gasteiger partial charge in [-0.25, -0.2) is 0 Å². The van der Waals surface area contributed by atoms with Crippen LogP contribution < -0.4 is 10.6 Å². The number of rotatable bonds is 4. The van der Waals surface area contributed by atoms with Crippen molar-refractivity contribution in [2.75, 3.05) is 28.2 Å². The van der Waals surface area contributed by atoms with Crippen LogP contribution in [0.15, 0.2) is 0 Å². The van der Waals surface area contributed by atoms with Gasteiger partial charge < -0.3 is 15.5 Å². The van der Waals surface area contributed by atoms with Gasteiger partial charge in [0.05, 0.1) is 12.6 Å². The van der Waals surface area contributed by atoms with Crippen LogP contribution in [-0.2, 0) is 4.79 Å². The second-order valence-electron chi connectivity index (χ2n) is 2.62. The SMILES string of the molecule is CNC(CC(=O)N(C)C)NC. The highest BCUT2D eigenvalue weighted by Crippen LogP contribution is 1.90. The lowest BCUT2D eigenvalue weighted by atomic mass is 10.3. The Morgan fingerprint density at radius 1 is 1.36 bits per heavy atom. The molecule has 0 saturated carbocycles. The maximum atomic E-state index is 11.1. The summed E-state index contributed by atoms with van der Waals surface area (Å²) < 4.78 is 0. The van der Waals surface area contributed by atoms with E-state index in [-0.39, 0.29) is 12.1 Å². The van der Waals surface area contributed by atoms with Gasteiger partial charge in [-0.15, -0.1) is 0 Å². The Morgan fingerprint density at radius 3 is 2.09 bits per heavy atom. The van der Waals surface area contributed by atoms with Crippen molar-refractivity contribution in [3.8, 4) is 0 Å². The number of hydrogen-bond acceptors (Lipinski definition) is 3. The third-order valence-electron chi connectivity index (χ3n) is 1.57. The van der Waals surface area contributed by atoms with Crippen LogP contribution in [0.5, 0.6) is 0 Å². The smallest absolute Gasteiger partial charge is 0.224 e. The Labute approximate surface area is 67.9 Å². The van der Waals surface area contributed by atoms with Crippen molar-refractivity contribution in [2.24, 2.45) is 0 Å². The first-order valence-corrected chi connectivity index (χ1v) is 3.66. The molecule has 66 valence electrons. The van der Waals surface area contributed by atoms with E-state index in [4.69, 9.17) is 0 Å². The van der Waals surface area contributed by atoms with Crippen molar-refractivity contribution < 1.29 is 4.79 Å². The van der Waals surface area contributed by atoms with E-state index in [0.717, 1.165) is 0 Å². The lowest BCUT2D eigenvalue weighted by molar-refractivity contribution is -0.129. The molecule has 0 fully saturated rings. The van der Waals surface area contributed by atoms with Crippen LogP contribution in [0.25, 0.3) is 0 Å². The topological polar surface area (TPSA) is 44.4 Å². The van der Waals surface area contributed by atoms with Crippen molar-refractivity contribution >= 4 is 5.91 Å². The van der Waals surface area contributed by atoms with Crippen molar-refractivity contribution in [3.63, 3.8) is 0 Å². The summed E-state index contributed by atoms with van der Waals surface area (Å²) in [5.74, 6) is 0.124. The van der Waals surface area contributed by atoms with Crippen LogP contribution in [0, 0.1) is 0 Å². The molecule has 0 atom stereocenters. The van der Waals surface area contributed by atoms with Gasteiger partial charge in [0.25, 0.3) is 0 Å². The highest BCUT2D eigenvalue weighted by atomic mass is 16.2. The standard InChI is InChI=1S/C7H17N3O/c1-8-6(9-2)5-7(11)10(3)4/h6,8-9H,5H2,1-4H3. The van der Waals surface area contributed by atoms with Crippen LogP contribution in [0.3, 0.4) is 0 Å². The van der Waals surface area contributed by atoms with Crippen LogP contribution in [0.1, 0.15) is 6.42 Å². The Balaban J connectivity index is 3.72. The van der Waals surface area contributed by atoms with Crippen molar-refractivity contribution in [2.45, 2.75) is 12.6 Å². The van der Waals surface area contributed by atoms with E-state index < -0.39 is 0 Å². The monoisotopic (exact) mass is 159 g/mol. The number of carbonyl (C=O) groups excluding carboxylic acids is 1. The van der Waals surface area contributed by atoms with E-state index in [1.54, 1.807) is 19.0 Å². The molecular formula is C7H17N3O. The fraction of sp³-hybridized carbons (Fsp3) is 0.857. The van der Waals surface area contributed by atoms with Gasteiger partial charge >= 0.3 is 0 Å². The fourth-order valence-electron chi connectivity index (χ4n) is 0.706. The van der Waals surface area contributed by atoms with Crippen molar-refractivity contribution in [3.05, 3.63) is 0 Å². The van der Waals surface area contributed by atoms with E-state index in [2.05, 4.69) is 10.6 Å². The van der Waals surface area contributed by atoms with Gasteiger partial charge in [0.1, 0.15) is 0 Å². The molecule has 0 heterocycles.